The maximum atomic E-state index is 13.7. The fourth-order valence-electron chi connectivity index (χ4n) is 1.34. The molecule has 84 valence electrons. The van der Waals surface area contributed by atoms with Gasteiger partial charge in [0.05, 0.1) is 10.4 Å². The molecule has 2 rings (SSSR count). The molecule has 2 aromatic rings. The molecule has 1 aromatic heterocycles. The zero-order valence-corrected chi connectivity index (χ0v) is 11.8. The van der Waals surface area contributed by atoms with Crippen LogP contribution in [0.25, 0.3) is 0 Å². The molecule has 1 heterocycles. The summed E-state index contributed by atoms with van der Waals surface area (Å²) < 4.78 is 14.6. The average Bonchev–Trinajstić information content (AvgIpc) is 2.68. The van der Waals surface area contributed by atoms with Crippen molar-refractivity contribution < 1.29 is 4.39 Å². The van der Waals surface area contributed by atoms with Crippen LogP contribution in [0.4, 0.5) is 4.39 Å². The van der Waals surface area contributed by atoms with Crippen LogP contribution in [0.3, 0.4) is 0 Å². The van der Waals surface area contributed by atoms with Gasteiger partial charge in [0.25, 0.3) is 0 Å². The van der Waals surface area contributed by atoms with E-state index in [0.29, 0.717) is 5.56 Å². The Bertz CT molecular complexity index is 512. The molecule has 0 saturated heterocycles. The molecule has 1 aromatic carbocycles. The molecule has 1 unspecified atom stereocenters. The number of rotatable bonds is 2. The zero-order chi connectivity index (χ0) is 11.7. The quantitative estimate of drug-likeness (QED) is 0.622. The second-order valence-corrected chi connectivity index (χ2v) is 5.78. The standard InChI is InChI=1S/C11H6BrCl2FS/c12-7-4-5-16-11(7)9(14)6-2-1-3-8(13)10(6)15/h1-5,9H. The second-order valence-electron chi connectivity index (χ2n) is 3.14. The molecule has 0 nitrogen and oxygen atoms in total. The monoisotopic (exact) mass is 338 g/mol. The van der Waals surface area contributed by atoms with Crippen LogP contribution >= 0.6 is 50.5 Å². The van der Waals surface area contributed by atoms with E-state index in [9.17, 15) is 4.39 Å². The van der Waals surface area contributed by atoms with Gasteiger partial charge in [-0.05, 0) is 33.4 Å². The SMILES string of the molecule is Fc1c(Cl)cccc1C(Cl)c1sccc1Br. The van der Waals surface area contributed by atoms with Gasteiger partial charge in [0.1, 0.15) is 5.82 Å². The van der Waals surface area contributed by atoms with E-state index in [1.54, 1.807) is 12.1 Å². The van der Waals surface area contributed by atoms with E-state index in [4.69, 9.17) is 23.2 Å². The van der Waals surface area contributed by atoms with E-state index in [1.165, 1.54) is 17.4 Å². The first-order valence-corrected chi connectivity index (χ1v) is 6.91. The predicted molar refractivity (Wildman–Crippen MR) is 71.1 cm³/mol. The molecule has 0 aliphatic carbocycles. The maximum absolute atomic E-state index is 13.7. The highest BCUT2D eigenvalue weighted by Gasteiger charge is 2.20. The van der Waals surface area contributed by atoms with E-state index in [0.717, 1.165) is 9.35 Å². The lowest BCUT2D eigenvalue weighted by molar-refractivity contribution is 0.613. The lowest BCUT2D eigenvalue weighted by atomic mass is 10.1. The van der Waals surface area contributed by atoms with Gasteiger partial charge in [-0.15, -0.1) is 22.9 Å². The number of thiophene rings is 1. The van der Waals surface area contributed by atoms with Crippen molar-refractivity contribution in [2.24, 2.45) is 0 Å². The van der Waals surface area contributed by atoms with Gasteiger partial charge < -0.3 is 0 Å². The third-order valence-corrected chi connectivity index (χ3v) is 4.94. The summed E-state index contributed by atoms with van der Waals surface area (Å²) in [5.41, 5.74) is 0.400. The van der Waals surface area contributed by atoms with Gasteiger partial charge in [0.15, 0.2) is 0 Å². The van der Waals surface area contributed by atoms with E-state index < -0.39 is 11.2 Å². The summed E-state index contributed by atoms with van der Waals surface area (Å²) in [4.78, 5) is 0.878. The van der Waals surface area contributed by atoms with Crippen molar-refractivity contribution in [1.29, 1.82) is 0 Å². The minimum absolute atomic E-state index is 0.0934. The maximum Gasteiger partial charge on any atom is 0.146 e. The molecule has 0 fully saturated rings. The average molecular weight is 340 g/mol. The van der Waals surface area contributed by atoms with Gasteiger partial charge in [0.2, 0.25) is 0 Å². The van der Waals surface area contributed by atoms with Crippen molar-refractivity contribution in [2.45, 2.75) is 5.38 Å². The minimum atomic E-state index is -0.520. The lowest BCUT2D eigenvalue weighted by Gasteiger charge is -2.10. The summed E-state index contributed by atoms with van der Waals surface area (Å²) in [6.07, 6.45) is 0. The van der Waals surface area contributed by atoms with Crippen LogP contribution in [0.2, 0.25) is 5.02 Å². The molecule has 0 radical (unpaired) electrons. The molecule has 0 amide bonds. The fourth-order valence-corrected chi connectivity index (χ4v) is 3.69. The first kappa shape index (κ1) is 12.4. The second kappa shape index (κ2) is 5.05. The van der Waals surface area contributed by atoms with Gasteiger partial charge in [-0.1, -0.05) is 23.7 Å². The summed E-state index contributed by atoms with van der Waals surface area (Å²) in [5.74, 6) is -0.454. The van der Waals surface area contributed by atoms with Gasteiger partial charge >= 0.3 is 0 Å². The van der Waals surface area contributed by atoms with Crippen molar-refractivity contribution in [2.75, 3.05) is 0 Å². The van der Waals surface area contributed by atoms with E-state index in [2.05, 4.69) is 15.9 Å². The van der Waals surface area contributed by atoms with Crippen molar-refractivity contribution in [1.82, 2.24) is 0 Å². The van der Waals surface area contributed by atoms with Gasteiger partial charge in [-0.3, -0.25) is 0 Å². The normalized spacial score (nSPS) is 12.8. The Morgan fingerprint density at radius 2 is 2.06 bits per heavy atom. The van der Waals surface area contributed by atoms with E-state index in [1.807, 2.05) is 11.4 Å². The topological polar surface area (TPSA) is 0 Å². The molecule has 0 aliphatic rings. The third kappa shape index (κ3) is 2.28. The Kier molecular flexibility index (Phi) is 3.90. The summed E-state index contributed by atoms with van der Waals surface area (Å²) in [7, 11) is 0. The fraction of sp³-hybridized carbons (Fsp3) is 0.0909. The first-order valence-electron chi connectivity index (χ1n) is 4.42. The first-order chi connectivity index (χ1) is 7.61. The summed E-state index contributed by atoms with van der Waals surface area (Å²) >= 11 is 16.8. The summed E-state index contributed by atoms with van der Waals surface area (Å²) in [5, 5.41) is 1.47. The molecule has 0 bridgehead atoms. The largest absolute Gasteiger partial charge is 0.205 e. The summed E-state index contributed by atoms with van der Waals surface area (Å²) in [6.45, 7) is 0. The van der Waals surface area contributed by atoms with Crippen LogP contribution in [0, 0.1) is 5.82 Å². The smallest absolute Gasteiger partial charge is 0.146 e. The van der Waals surface area contributed by atoms with Crippen molar-refractivity contribution in [3.05, 3.63) is 55.4 Å². The molecule has 1 atom stereocenters. The molecule has 5 heteroatoms. The Hall–Kier alpha value is -0.0900. The Morgan fingerprint density at radius 1 is 1.31 bits per heavy atom. The molecule has 0 N–H and O–H groups in total. The Balaban J connectivity index is 2.46. The van der Waals surface area contributed by atoms with Gasteiger partial charge in [-0.25, -0.2) is 4.39 Å². The van der Waals surface area contributed by atoms with Crippen LogP contribution in [0.1, 0.15) is 15.8 Å². The molecular formula is C11H6BrCl2FS. The van der Waals surface area contributed by atoms with Crippen LogP contribution in [-0.4, -0.2) is 0 Å². The van der Waals surface area contributed by atoms with Crippen LogP contribution < -0.4 is 0 Å². The molecule has 0 aliphatic heterocycles. The molecular weight excluding hydrogens is 334 g/mol. The highest BCUT2D eigenvalue weighted by atomic mass is 79.9. The lowest BCUT2D eigenvalue weighted by Crippen LogP contribution is -1.96. The molecule has 0 saturated carbocycles. The van der Waals surface area contributed by atoms with Crippen molar-refractivity contribution >= 4 is 50.5 Å². The Labute approximate surface area is 115 Å². The van der Waals surface area contributed by atoms with E-state index in [-0.39, 0.29) is 5.02 Å². The molecule has 16 heavy (non-hydrogen) atoms. The number of hydrogen-bond donors (Lipinski definition) is 0. The number of halogens is 4. The number of hydrogen-bond acceptors (Lipinski definition) is 1. The van der Waals surface area contributed by atoms with Crippen LogP contribution in [0.15, 0.2) is 34.1 Å². The minimum Gasteiger partial charge on any atom is -0.205 e. The predicted octanol–water partition coefficient (Wildman–Crippen LogP) is 5.63. The highest BCUT2D eigenvalue weighted by Crippen LogP contribution is 2.39. The number of alkyl halides is 1. The van der Waals surface area contributed by atoms with Gasteiger partial charge in [-0.2, -0.15) is 0 Å². The highest BCUT2D eigenvalue weighted by molar-refractivity contribution is 9.10. The van der Waals surface area contributed by atoms with Crippen molar-refractivity contribution in [3.8, 4) is 0 Å². The number of benzene rings is 1. The van der Waals surface area contributed by atoms with Gasteiger partial charge in [0, 0.05) is 14.9 Å². The van der Waals surface area contributed by atoms with E-state index >= 15 is 0 Å². The van der Waals surface area contributed by atoms with Crippen LogP contribution in [0.5, 0.6) is 0 Å². The van der Waals surface area contributed by atoms with Crippen molar-refractivity contribution in [3.63, 3.8) is 0 Å². The third-order valence-electron chi connectivity index (χ3n) is 2.13. The Morgan fingerprint density at radius 3 is 2.69 bits per heavy atom. The molecule has 0 spiro atoms. The summed E-state index contributed by atoms with van der Waals surface area (Å²) in [6, 6.07) is 6.73. The van der Waals surface area contributed by atoms with Crippen LogP contribution in [-0.2, 0) is 0 Å². The zero-order valence-electron chi connectivity index (χ0n) is 7.88.